The van der Waals surface area contributed by atoms with Crippen LogP contribution in [0.3, 0.4) is 0 Å². The van der Waals surface area contributed by atoms with Crippen molar-refractivity contribution in [2.45, 2.75) is 17.9 Å². The summed E-state index contributed by atoms with van der Waals surface area (Å²) in [5, 5.41) is 3.58. The molecule has 1 aliphatic heterocycles. The molecule has 1 amide bonds. The van der Waals surface area contributed by atoms with Crippen molar-refractivity contribution in [3.63, 3.8) is 0 Å². The zero-order valence-electron chi connectivity index (χ0n) is 8.93. The fourth-order valence-electron chi connectivity index (χ4n) is 2.27. The maximum absolute atomic E-state index is 11.9. The van der Waals surface area contributed by atoms with Gasteiger partial charge in [-0.3, -0.25) is 4.79 Å². The Morgan fingerprint density at radius 2 is 2.19 bits per heavy atom. The molecular formula is C12H12N2OS. The van der Waals surface area contributed by atoms with E-state index in [9.17, 15) is 4.79 Å². The van der Waals surface area contributed by atoms with Crippen molar-refractivity contribution in [1.29, 1.82) is 0 Å². The molecule has 0 saturated heterocycles. The van der Waals surface area contributed by atoms with Gasteiger partial charge in [0.1, 0.15) is 5.54 Å². The van der Waals surface area contributed by atoms with E-state index in [-0.39, 0.29) is 11.8 Å². The summed E-state index contributed by atoms with van der Waals surface area (Å²) >= 11 is 1.49. The third-order valence-corrected chi connectivity index (χ3v) is 3.82. The third-order valence-electron chi connectivity index (χ3n) is 3.24. The fraction of sp³-hybridized carbons (Fsp3) is 0.333. The maximum Gasteiger partial charge on any atom is 0.254 e. The van der Waals surface area contributed by atoms with E-state index in [1.54, 1.807) is 0 Å². The van der Waals surface area contributed by atoms with Crippen molar-refractivity contribution in [1.82, 2.24) is 5.32 Å². The smallest absolute Gasteiger partial charge is 0.254 e. The Kier molecular flexibility index (Phi) is 2.07. The van der Waals surface area contributed by atoms with Gasteiger partial charge in [0.2, 0.25) is 0 Å². The average Bonchev–Trinajstić information content (AvgIpc) is 2.95. The second-order valence-corrected chi connectivity index (χ2v) is 4.96. The van der Waals surface area contributed by atoms with Crippen molar-refractivity contribution in [3.05, 3.63) is 35.9 Å². The molecule has 2 atom stereocenters. The van der Waals surface area contributed by atoms with Gasteiger partial charge in [-0.05, 0) is 18.2 Å². The first-order chi connectivity index (χ1) is 7.76. The number of thioether (sulfide) groups is 1. The van der Waals surface area contributed by atoms with Crippen molar-refractivity contribution in [2.75, 3.05) is 6.26 Å². The molecule has 1 fully saturated rings. The zero-order chi connectivity index (χ0) is 11.2. The summed E-state index contributed by atoms with van der Waals surface area (Å²) in [5.74, 6) is 0.323. The Morgan fingerprint density at radius 3 is 2.81 bits per heavy atom. The summed E-state index contributed by atoms with van der Waals surface area (Å²) in [6, 6.07) is 10.1. The van der Waals surface area contributed by atoms with Crippen LogP contribution in [0.4, 0.5) is 0 Å². The molecule has 0 aromatic heterocycles. The Labute approximate surface area is 98.3 Å². The summed E-state index contributed by atoms with van der Waals surface area (Å²) in [6.45, 7) is 0. The molecule has 16 heavy (non-hydrogen) atoms. The van der Waals surface area contributed by atoms with E-state index in [4.69, 9.17) is 0 Å². The van der Waals surface area contributed by atoms with Gasteiger partial charge < -0.3 is 5.32 Å². The fourth-order valence-corrected chi connectivity index (χ4v) is 2.72. The van der Waals surface area contributed by atoms with Gasteiger partial charge in [-0.15, -0.1) is 0 Å². The van der Waals surface area contributed by atoms with Crippen LogP contribution in [0, 0.1) is 0 Å². The number of hydrogen-bond donors (Lipinski definition) is 1. The van der Waals surface area contributed by atoms with E-state index in [1.165, 1.54) is 17.3 Å². The van der Waals surface area contributed by atoms with Gasteiger partial charge in [-0.2, -0.15) is 0 Å². The highest BCUT2D eigenvalue weighted by molar-refractivity contribution is 8.13. The van der Waals surface area contributed by atoms with Crippen LogP contribution in [-0.4, -0.2) is 22.9 Å². The molecule has 1 aliphatic carbocycles. The molecule has 3 rings (SSSR count). The summed E-state index contributed by atoms with van der Waals surface area (Å²) in [5.41, 5.74) is 0.725. The number of hydrogen-bond acceptors (Lipinski definition) is 3. The first-order valence-corrected chi connectivity index (χ1v) is 6.49. The van der Waals surface area contributed by atoms with E-state index < -0.39 is 5.54 Å². The second-order valence-electron chi connectivity index (χ2n) is 4.17. The van der Waals surface area contributed by atoms with Crippen LogP contribution in [0.2, 0.25) is 0 Å². The number of aliphatic imine (C=N–C) groups is 1. The number of carbonyl (C=O) groups is 1. The number of nitrogens with one attached hydrogen (secondary N) is 1. The van der Waals surface area contributed by atoms with Crippen LogP contribution in [0.25, 0.3) is 0 Å². The van der Waals surface area contributed by atoms with Gasteiger partial charge in [0, 0.05) is 5.92 Å². The first-order valence-electron chi connectivity index (χ1n) is 5.26. The number of nitrogens with zero attached hydrogens (tertiary/aromatic N) is 1. The molecule has 0 radical (unpaired) electrons. The van der Waals surface area contributed by atoms with Gasteiger partial charge in [-0.1, -0.05) is 42.1 Å². The lowest BCUT2D eigenvalue weighted by atomic mass is 10.1. The number of amidine groups is 1. The zero-order valence-corrected chi connectivity index (χ0v) is 9.75. The molecule has 1 aromatic rings. The van der Waals surface area contributed by atoms with Crippen LogP contribution in [0.5, 0.6) is 0 Å². The topological polar surface area (TPSA) is 41.5 Å². The van der Waals surface area contributed by atoms with Crippen LogP contribution in [-0.2, 0) is 4.79 Å². The lowest BCUT2D eigenvalue weighted by Gasteiger charge is -2.03. The van der Waals surface area contributed by atoms with Crippen LogP contribution in [0.15, 0.2) is 35.3 Å². The summed E-state index contributed by atoms with van der Waals surface area (Å²) in [6.07, 6.45) is 2.77. The van der Waals surface area contributed by atoms with E-state index >= 15 is 0 Å². The Balaban J connectivity index is 1.90. The number of benzene rings is 1. The monoisotopic (exact) mass is 232 g/mol. The van der Waals surface area contributed by atoms with Crippen LogP contribution in [0.1, 0.15) is 17.9 Å². The highest BCUT2D eigenvalue weighted by atomic mass is 32.2. The molecule has 1 N–H and O–H groups in total. The van der Waals surface area contributed by atoms with Gasteiger partial charge in [0.25, 0.3) is 5.91 Å². The van der Waals surface area contributed by atoms with E-state index in [0.29, 0.717) is 0 Å². The third kappa shape index (κ3) is 1.29. The molecule has 0 bridgehead atoms. The molecular weight excluding hydrogens is 220 g/mol. The van der Waals surface area contributed by atoms with Gasteiger partial charge in [0.15, 0.2) is 5.17 Å². The average molecular weight is 232 g/mol. The van der Waals surface area contributed by atoms with E-state index in [2.05, 4.69) is 22.4 Å². The number of rotatable bonds is 1. The quantitative estimate of drug-likeness (QED) is 0.801. The van der Waals surface area contributed by atoms with Crippen molar-refractivity contribution >= 4 is 22.8 Å². The molecule has 2 aliphatic rings. The van der Waals surface area contributed by atoms with Gasteiger partial charge in [-0.25, -0.2) is 4.99 Å². The van der Waals surface area contributed by atoms with Crippen molar-refractivity contribution in [2.24, 2.45) is 4.99 Å². The van der Waals surface area contributed by atoms with Gasteiger partial charge >= 0.3 is 0 Å². The van der Waals surface area contributed by atoms with Crippen LogP contribution < -0.4 is 5.32 Å². The largest absolute Gasteiger partial charge is 0.303 e. The highest BCUT2D eigenvalue weighted by Crippen LogP contribution is 2.56. The van der Waals surface area contributed by atoms with E-state index in [0.717, 1.165) is 11.6 Å². The minimum absolute atomic E-state index is 0.0608. The standard InChI is InChI=1S/C12H12N2OS/c1-16-11-13-10(15)12(14-11)7-9(12)8-5-3-2-4-6-8/h2-6,9H,7H2,1H3,(H,13,14,15)/t9-,12-/m0/s1. The van der Waals surface area contributed by atoms with Crippen molar-refractivity contribution < 1.29 is 4.79 Å². The molecule has 3 nitrogen and oxygen atoms in total. The predicted molar refractivity (Wildman–Crippen MR) is 65.6 cm³/mol. The lowest BCUT2D eigenvalue weighted by Crippen LogP contribution is -2.29. The molecule has 82 valence electrons. The van der Waals surface area contributed by atoms with Crippen molar-refractivity contribution in [3.8, 4) is 0 Å². The summed E-state index contributed by atoms with van der Waals surface area (Å²) in [4.78, 5) is 16.4. The maximum atomic E-state index is 11.9. The first kappa shape index (κ1) is 9.90. The minimum Gasteiger partial charge on any atom is -0.303 e. The number of carbonyl (C=O) groups excluding carboxylic acids is 1. The number of amides is 1. The highest BCUT2D eigenvalue weighted by Gasteiger charge is 2.63. The minimum atomic E-state index is -0.486. The predicted octanol–water partition coefficient (Wildman–Crippen LogP) is 1.76. The second kappa shape index (κ2) is 3.35. The molecule has 1 spiro atoms. The normalized spacial score (nSPS) is 31.4. The summed E-state index contributed by atoms with van der Waals surface area (Å²) < 4.78 is 0. The van der Waals surface area contributed by atoms with Gasteiger partial charge in [0.05, 0.1) is 0 Å². The van der Waals surface area contributed by atoms with Crippen LogP contribution >= 0.6 is 11.8 Å². The molecule has 1 heterocycles. The molecule has 1 saturated carbocycles. The Morgan fingerprint density at radius 1 is 1.44 bits per heavy atom. The van der Waals surface area contributed by atoms with E-state index in [1.807, 2.05) is 24.5 Å². The molecule has 0 unspecified atom stereocenters. The lowest BCUT2D eigenvalue weighted by molar-refractivity contribution is -0.121. The molecule has 1 aromatic carbocycles. The Hall–Kier alpha value is -1.29. The Bertz CT molecular complexity index is 471. The SMILES string of the molecule is CSC1=N[C@]2(C[C@H]2c2ccccc2)C(=O)N1. The summed E-state index contributed by atoms with van der Waals surface area (Å²) in [7, 11) is 0. The molecule has 4 heteroatoms.